The summed E-state index contributed by atoms with van der Waals surface area (Å²) in [6, 6.07) is -2.07. The Bertz CT molecular complexity index is 618. The Morgan fingerprint density at radius 1 is 1.28 bits per heavy atom. The molecule has 0 aliphatic carbocycles. The highest BCUT2D eigenvalue weighted by atomic mass is 35.5. The van der Waals surface area contributed by atoms with E-state index in [-0.39, 0.29) is 36.0 Å². The lowest BCUT2D eigenvalue weighted by atomic mass is 9.89. The minimum absolute atomic E-state index is 0.111. The van der Waals surface area contributed by atoms with Crippen molar-refractivity contribution in [2.24, 2.45) is 5.92 Å². The van der Waals surface area contributed by atoms with Gasteiger partial charge in [0.1, 0.15) is 11.6 Å². The number of hydrogen-bond donors (Lipinski definition) is 2. The van der Waals surface area contributed by atoms with Crippen LogP contribution in [0.15, 0.2) is 0 Å². The smallest absolute Gasteiger partial charge is 0.408 e. The van der Waals surface area contributed by atoms with E-state index in [1.807, 2.05) is 0 Å². The number of amides is 3. The lowest BCUT2D eigenvalue weighted by Gasteiger charge is -2.38. The summed E-state index contributed by atoms with van der Waals surface area (Å²) in [4.78, 5) is 51.4. The molecule has 1 heterocycles. The van der Waals surface area contributed by atoms with Gasteiger partial charge >= 0.3 is 6.09 Å². The molecule has 0 unspecified atom stereocenters. The van der Waals surface area contributed by atoms with Gasteiger partial charge in [-0.25, -0.2) is 4.79 Å². The Morgan fingerprint density at radius 2 is 1.90 bits per heavy atom. The number of hydrogen-bond acceptors (Lipinski definition) is 5. The fourth-order valence-corrected chi connectivity index (χ4v) is 3.53. The molecule has 2 N–H and O–H groups in total. The molecule has 0 aromatic rings. The van der Waals surface area contributed by atoms with Gasteiger partial charge in [0.05, 0.1) is 11.9 Å². The van der Waals surface area contributed by atoms with Crippen molar-refractivity contribution in [2.45, 2.75) is 84.5 Å². The van der Waals surface area contributed by atoms with E-state index in [1.165, 1.54) is 11.8 Å². The molecule has 1 rings (SSSR count). The highest BCUT2D eigenvalue weighted by molar-refractivity contribution is 6.28. The number of rotatable bonds is 8. The highest BCUT2D eigenvalue weighted by Crippen LogP contribution is 2.23. The molecule has 0 radical (unpaired) electrons. The van der Waals surface area contributed by atoms with Crippen LogP contribution < -0.4 is 10.6 Å². The van der Waals surface area contributed by atoms with E-state index in [2.05, 4.69) is 10.6 Å². The van der Waals surface area contributed by atoms with Gasteiger partial charge in [-0.1, -0.05) is 0 Å². The third-order valence-electron chi connectivity index (χ3n) is 4.66. The first-order chi connectivity index (χ1) is 13.4. The standard InChI is InChI=1S/C20H34ClN3O5/c1-12(2)24(18(27)13(3)23-19(28)29-20(4,5)6)15(16(25)11-21)10-14-8-7-9-22-17(14)26/h12-15H,7-11H2,1-6H3,(H,22,26)(H,23,28)/t13-,14-,15-/m0/s1. The Labute approximate surface area is 178 Å². The van der Waals surface area contributed by atoms with E-state index in [1.54, 1.807) is 34.6 Å². The summed E-state index contributed by atoms with van der Waals surface area (Å²) in [6.07, 6.45) is 0.975. The van der Waals surface area contributed by atoms with Gasteiger partial charge in [-0.15, -0.1) is 11.6 Å². The van der Waals surface area contributed by atoms with Gasteiger partial charge in [0.2, 0.25) is 11.8 Å². The van der Waals surface area contributed by atoms with Gasteiger partial charge in [0.25, 0.3) is 0 Å². The minimum Gasteiger partial charge on any atom is -0.444 e. The van der Waals surface area contributed by atoms with Crippen molar-refractivity contribution in [3.05, 3.63) is 0 Å². The third kappa shape index (κ3) is 7.84. The molecule has 1 fully saturated rings. The zero-order valence-corrected chi connectivity index (χ0v) is 19.0. The minimum atomic E-state index is -0.905. The van der Waals surface area contributed by atoms with E-state index in [9.17, 15) is 19.2 Å². The van der Waals surface area contributed by atoms with E-state index < -0.39 is 29.7 Å². The number of piperidine rings is 1. The van der Waals surface area contributed by atoms with Gasteiger partial charge < -0.3 is 20.3 Å². The summed E-state index contributed by atoms with van der Waals surface area (Å²) in [5, 5.41) is 5.32. The zero-order chi connectivity index (χ0) is 22.4. The Hall–Kier alpha value is -1.83. The maximum Gasteiger partial charge on any atom is 0.408 e. The number of ether oxygens (including phenoxy) is 1. The van der Waals surface area contributed by atoms with Crippen molar-refractivity contribution < 1.29 is 23.9 Å². The van der Waals surface area contributed by atoms with E-state index in [0.29, 0.717) is 13.0 Å². The lowest BCUT2D eigenvalue weighted by Crippen LogP contribution is -2.57. The molecule has 1 aliphatic heterocycles. The van der Waals surface area contributed by atoms with Crippen LogP contribution >= 0.6 is 11.6 Å². The van der Waals surface area contributed by atoms with Crippen LogP contribution in [0.4, 0.5) is 4.79 Å². The molecule has 0 bridgehead atoms. The summed E-state index contributed by atoms with van der Waals surface area (Å²) < 4.78 is 5.20. The van der Waals surface area contributed by atoms with Crippen molar-refractivity contribution in [3.63, 3.8) is 0 Å². The maximum atomic E-state index is 13.1. The first-order valence-corrected chi connectivity index (χ1v) is 10.6. The molecular formula is C20H34ClN3O5. The van der Waals surface area contributed by atoms with Crippen LogP contribution in [0, 0.1) is 5.92 Å². The Kier molecular flexibility index (Phi) is 9.39. The molecule has 1 aliphatic rings. The number of carbonyl (C=O) groups is 4. The van der Waals surface area contributed by atoms with E-state index in [4.69, 9.17) is 16.3 Å². The van der Waals surface area contributed by atoms with Gasteiger partial charge in [0, 0.05) is 18.5 Å². The fraction of sp³-hybridized carbons (Fsp3) is 0.800. The van der Waals surface area contributed by atoms with Crippen molar-refractivity contribution in [3.8, 4) is 0 Å². The summed E-state index contributed by atoms with van der Waals surface area (Å²) in [6.45, 7) is 10.9. The highest BCUT2D eigenvalue weighted by Gasteiger charge is 2.37. The maximum absolute atomic E-state index is 13.1. The summed E-state index contributed by atoms with van der Waals surface area (Å²) in [5.74, 6) is -1.48. The molecule has 8 nitrogen and oxygen atoms in total. The van der Waals surface area contributed by atoms with Crippen LogP contribution in [-0.4, -0.2) is 64.7 Å². The van der Waals surface area contributed by atoms with Crippen LogP contribution in [-0.2, 0) is 19.1 Å². The molecular weight excluding hydrogens is 398 g/mol. The summed E-state index contributed by atoms with van der Waals surface area (Å²) in [5.41, 5.74) is -0.698. The molecule has 29 heavy (non-hydrogen) atoms. The van der Waals surface area contributed by atoms with Gasteiger partial charge in [-0.3, -0.25) is 14.4 Å². The number of Topliss-reactive ketones (excluding diaryl/α,β-unsaturated/α-hetero) is 1. The summed E-state index contributed by atoms with van der Waals surface area (Å²) in [7, 11) is 0. The average Bonchev–Trinajstić information content (AvgIpc) is 2.59. The number of alkyl carbamates (subject to hydrolysis) is 1. The number of nitrogens with one attached hydrogen (secondary N) is 2. The van der Waals surface area contributed by atoms with Crippen LogP contribution in [0.1, 0.15) is 60.8 Å². The van der Waals surface area contributed by atoms with Crippen LogP contribution in [0.25, 0.3) is 0 Å². The van der Waals surface area contributed by atoms with Gasteiger partial charge in [-0.05, 0) is 60.8 Å². The number of ketones is 1. The SMILES string of the molecule is CC(C)N(C(=O)[C@H](C)NC(=O)OC(C)(C)C)[C@@H](C[C@@H]1CCCNC1=O)C(=O)CCl. The first-order valence-electron chi connectivity index (χ1n) is 10.1. The molecule has 0 spiro atoms. The largest absolute Gasteiger partial charge is 0.444 e. The Morgan fingerprint density at radius 3 is 2.38 bits per heavy atom. The summed E-state index contributed by atoms with van der Waals surface area (Å²) >= 11 is 5.81. The number of halogens is 1. The molecule has 0 aromatic heterocycles. The molecule has 0 saturated carbocycles. The number of carbonyl (C=O) groups excluding carboxylic acids is 4. The monoisotopic (exact) mass is 431 g/mol. The first kappa shape index (κ1) is 25.2. The molecule has 3 atom stereocenters. The van der Waals surface area contributed by atoms with E-state index >= 15 is 0 Å². The second-order valence-corrected chi connectivity index (χ2v) is 8.96. The molecule has 166 valence electrons. The van der Waals surface area contributed by atoms with E-state index in [0.717, 1.165) is 6.42 Å². The second kappa shape index (κ2) is 10.8. The lowest BCUT2D eigenvalue weighted by molar-refractivity contribution is -0.144. The van der Waals surface area contributed by atoms with Crippen LogP contribution in [0.5, 0.6) is 0 Å². The predicted molar refractivity (Wildman–Crippen MR) is 111 cm³/mol. The van der Waals surface area contributed by atoms with Crippen LogP contribution in [0.3, 0.4) is 0 Å². The molecule has 3 amide bonds. The average molecular weight is 432 g/mol. The quantitative estimate of drug-likeness (QED) is 0.573. The number of alkyl halides is 1. The van der Waals surface area contributed by atoms with Crippen molar-refractivity contribution in [1.82, 2.24) is 15.5 Å². The molecule has 0 aromatic carbocycles. The fourth-order valence-electron chi connectivity index (χ4n) is 3.36. The van der Waals surface area contributed by atoms with Crippen molar-refractivity contribution in [1.29, 1.82) is 0 Å². The van der Waals surface area contributed by atoms with Crippen molar-refractivity contribution >= 4 is 35.3 Å². The van der Waals surface area contributed by atoms with Crippen molar-refractivity contribution in [2.75, 3.05) is 12.4 Å². The molecule has 9 heteroatoms. The zero-order valence-electron chi connectivity index (χ0n) is 18.2. The second-order valence-electron chi connectivity index (χ2n) is 8.69. The normalized spacial score (nSPS) is 19.2. The topological polar surface area (TPSA) is 105 Å². The molecule has 1 saturated heterocycles. The van der Waals surface area contributed by atoms with Gasteiger partial charge in [-0.2, -0.15) is 0 Å². The predicted octanol–water partition coefficient (Wildman–Crippen LogP) is 2.23. The third-order valence-corrected chi connectivity index (χ3v) is 4.92. The van der Waals surface area contributed by atoms with Crippen LogP contribution in [0.2, 0.25) is 0 Å². The van der Waals surface area contributed by atoms with Gasteiger partial charge in [0.15, 0.2) is 5.78 Å². The Balaban J connectivity index is 3.00. The number of nitrogens with zero attached hydrogens (tertiary/aromatic N) is 1.